The van der Waals surface area contributed by atoms with Gasteiger partial charge in [-0.15, -0.1) is 0 Å². The summed E-state index contributed by atoms with van der Waals surface area (Å²) in [5.41, 5.74) is 8.61. The van der Waals surface area contributed by atoms with Crippen LogP contribution in [0.3, 0.4) is 0 Å². The normalized spacial score (nSPS) is 11.5. The van der Waals surface area contributed by atoms with Crippen LogP contribution in [0.2, 0.25) is 0 Å². The zero-order valence-electron chi connectivity index (χ0n) is 27.4. The van der Waals surface area contributed by atoms with Gasteiger partial charge in [0, 0.05) is 50.8 Å². The molecule has 238 valence electrons. The Morgan fingerprint density at radius 3 is 1.78 bits per heavy atom. The van der Waals surface area contributed by atoms with E-state index in [0.717, 1.165) is 71.7 Å². The Labute approximate surface area is 293 Å². The van der Waals surface area contributed by atoms with Crippen molar-refractivity contribution in [2.24, 2.45) is 0 Å². The molecule has 0 saturated heterocycles. The number of fused-ring (bicyclic) bond motifs is 5. The van der Waals surface area contributed by atoms with Crippen molar-refractivity contribution in [3.63, 3.8) is 0 Å². The van der Waals surface area contributed by atoms with Crippen molar-refractivity contribution in [3.8, 4) is 56.4 Å². The summed E-state index contributed by atoms with van der Waals surface area (Å²) in [6.07, 6.45) is 3.72. The summed E-state index contributed by atoms with van der Waals surface area (Å²) < 4.78 is 6.85. The van der Waals surface area contributed by atoms with Crippen molar-refractivity contribution >= 4 is 43.5 Å². The van der Waals surface area contributed by atoms with Crippen LogP contribution in [-0.4, -0.2) is 19.9 Å². The first-order valence-corrected chi connectivity index (χ1v) is 17.0. The minimum absolute atomic E-state index is 0.606. The van der Waals surface area contributed by atoms with Crippen LogP contribution in [0.1, 0.15) is 0 Å². The van der Waals surface area contributed by atoms with Gasteiger partial charge in [-0.05, 0) is 63.2 Å². The lowest BCUT2D eigenvalue weighted by Crippen LogP contribution is -2.01. The first-order chi connectivity index (χ1) is 25.3. The topological polar surface area (TPSA) is 64.7 Å². The molecule has 10 rings (SSSR count). The number of aromatic nitrogens is 4. The van der Waals surface area contributed by atoms with E-state index in [1.807, 2.05) is 79.1 Å². The summed E-state index contributed by atoms with van der Waals surface area (Å²) >= 11 is 0. The monoisotopic (exact) mass is 652 g/mol. The molecule has 0 radical (unpaired) electrons. The quantitative estimate of drug-likeness (QED) is 0.185. The molecule has 0 unspecified atom stereocenters. The highest BCUT2D eigenvalue weighted by Crippen LogP contribution is 2.45. The second-order valence-electron chi connectivity index (χ2n) is 12.7. The predicted octanol–water partition coefficient (Wildman–Crippen LogP) is 11.8. The summed E-state index contributed by atoms with van der Waals surface area (Å²) in [7, 11) is 0. The summed E-state index contributed by atoms with van der Waals surface area (Å²) in [5.74, 6) is 1.86. The molecule has 7 aromatic carbocycles. The van der Waals surface area contributed by atoms with Crippen molar-refractivity contribution in [1.29, 1.82) is 0 Å². The first-order valence-electron chi connectivity index (χ1n) is 17.0. The standard InChI is InChI=1S/C46H28N4O/c1-3-12-30(13-4-1)44-48-45(31-14-5-2-6-15-31)50-46(49-44)39-18-10-9-17-37(39)38-22-21-36(34-20-19-29-11-7-8-16-32(29)25-34)43-42(38)40-26-33-23-24-47-28-35(33)27-41(40)51-43/h1-28H. The lowest BCUT2D eigenvalue weighted by molar-refractivity contribution is 0.670. The minimum Gasteiger partial charge on any atom is -0.455 e. The minimum atomic E-state index is 0.606. The van der Waals surface area contributed by atoms with Crippen LogP contribution in [0, 0.1) is 0 Å². The number of hydrogen-bond acceptors (Lipinski definition) is 5. The summed E-state index contributed by atoms with van der Waals surface area (Å²) in [4.78, 5) is 19.5. The van der Waals surface area contributed by atoms with Crippen LogP contribution in [0.25, 0.3) is 99.9 Å². The Bertz CT molecular complexity index is 2860. The fourth-order valence-electron chi connectivity index (χ4n) is 7.11. The van der Waals surface area contributed by atoms with E-state index < -0.39 is 0 Å². The third kappa shape index (κ3) is 5.03. The third-order valence-electron chi connectivity index (χ3n) is 9.60. The predicted molar refractivity (Wildman–Crippen MR) is 207 cm³/mol. The molecule has 0 spiro atoms. The molecule has 0 amide bonds. The molecule has 0 bridgehead atoms. The molecule has 51 heavy (non-hydrogen) atoms. The van der Waals surface area contributed by atoms with Crippen molar-refractivity contribution in [3.05, 3.63) is 170 Å². The van der Waals surface area contributed by atoms with Gasteiger partial charge < -0.3 is 4.42 Å². The Kier molecular flexibility index (Phi) is 6.74. The molecule has 0 aliphatic carbocycles. The molecule has 5 nitrogen and oxygen atoms in total. The first kappa shape index (κ1) is 29.0. The lowest BCUT2D eigenvalue weighted by Gasteiger charge is -2.14. The zero-order valence-corrected chi connectivity index (χ0v) is 27.4. The van der Waals surface area contributed by atoms with E-state index >= 15 is 0 Å². The van der Waals surface area contributed by atoms with Gasteiger partial charge in [-0.25, -0.2) is 15.0 Å². The fraction of sp³-hybridized carbons (Fsp3) is 0. The zero-order chi connectivity index (χ0) is 33.7. The van der Waals surface area contributed by atoms with E-state index in [1.54, 1.807) is 0 Å². The Balaban J connectivity index is 1.25. The van der Waals surface area contributed by atoms with E-state index in [-0.39, 0.29) is 0 Å². The summed E-state index contributed by atoms with van der Waals surface area (Å²) in [5, 5.41) is 6.61. The van der Waals surface area contributed by atoms with E-state index in [9.17, 15) is 0 Å². The molecule has 3 heterocycles. The van der Waals surface area contributed by atoms with Gasteiger partial charge in [0.1, 0.15) is 11.2 Å². The van der Waals surface area contributed by atoms with Gasteiger partial charge in [-0.2, -0.15) is 0 Å². The highest BCUT2D eigenvalue weighted by atomic mass is 16.3. The fourth-order valence-corrected chi connectivity index (χ4v) is 7.11. The second kappa shape index (κ2) is 11.9. The SMILES string of the molecule is c1ccc(-c2nc(-c3ccccc3)nc(-c3ccccc3-c3ccc(-c4ccc5ccccc5c4)c4oc5cc6cnccc6cc5c34)n2)cc1. The van der Waals surface area contributed by atoms with E-state index in [1.165, 1.54) is 10.8 Å². The van der Waals surface area contributed by atoms with Crippen LogP contribution in [0.4, 0.5) is 0 Å². The van der Waals surface area contributed by atoms with Crippen LogP contribution in [0.15, 0.2) is 175 Å². The van der Waals surface area contributed by atoms with Gasteiger partial charge in [0.15, 0.2) is 17.5 Å². The summed E-state index contributed by atoms with van der Waals surface area (Å²) in [6, 6.07) is 54.3. The molecule has 5 heteroatoms. The molecule has 0 fully saturated rings. The number of hydrogen-bond donors (Lipinski definition) is 0. The van der Waals surface area contributed by atoms with Crippen molar-refractivity contribution < 1.29 is 4.42 Å². The molecule has 0 aliphatic heterocycles. The van der Waals surface area contributed by atoms with Gasteiger partial charge in [-0.3, -0.25) is 4.98 Å². The van der Waals surface area contributed by atoms with Gasteiger partial charge in [0.2, 0.25) is 0 Å². The number of pyridine rings is 1. The Hall–Kier alpha value is -6.98. The van der Waals surface area contributed by atoms with E-state index in [2.05, 4.69) is 96.0 Å². The van der Waals surface area contributed by atoms with Crippen molar-refractivity contribution in [1.82, 2.24) is 19.9 Å². The molecule has 0 atom stereocenters. The van der Waals surface area contributed by atoms with Gasteiger partial charge in [-0.1, -0.05) is 127 Å². The maximum atomic E-state index is 6.85. The highest BCUT2D eigenvalue weighted by Gasteiger charge is 2.22. The van der Waals surface area contributed by atoms with Crippen LogP contribution in [0.5, 0.6) is 0 Å². The van der Waals surface area contributed by atoms with Crippen molar-refractivity contribution in [2.75, 3.05) is 0 Å². The average Bonchev–Trinajstić information content (AvgIpc) is 3.58. The maximum absolute atomic E-state index is 6.85. The van der Waals surface area contributed by atoms with Crippen LogP contribution < -0.4 is 0 Å². The number of benzene rings is 7. The summed E-state index contributed by atoms with van der Waals surface area (Å²) in [6.45, 7) is 0. The smallest absolute Gasteiger partial charge is 0.164 e. The Morgan fingerprint density at radius 1 is 0.392 bits per heavy atom. The van der Waals surface area contributed by atoms with Gasteiger partial charge >= 0.3 is 0 Å². The number of nitrogens with zero attached hydrogens (tertiary/aromatic N) is 4. The van der Waals surface area contributed by atoms with Crippen molar-refractivity contribution in [2.45, 2.75) is 0 Å². The lowest BCUT2D eigenvalue weighted by atomic mass is 9.91. The van der Waals surface area contributed by atoms with E-state index in [0.29, 0.717) is 17.5 Å². The highest BCUT2D eigenvalue weighted by molar-refractivity contribution is 6.19. The molecular weight excluding hydrogens is 625 g/mol. The molecule has 0 N–H and O–H groups in total. The Morgan fingerprint density at radius 2 is 1.02 bits per heavy atom. The molecule has 3 aromatic heterocycles. The third-order valence-corrected chi connectivity index (χ3v) is 9.60. The van der Waals surface area contributed by atoms with E-state index in [4.69, 9.17) is 19.4 Å². The largest absolute Gasteiger partial charge is 0.455 e. The maximum Gasteiger partial charge on any atom is 0.164 e. The molecule has 10 aromatic rings. The van der Waals surface area contributed by atoms with Gasteiger partial charge in [0.05, 0.1) is 0 Å². The van der Waals surface area contributed by atoms with Gasteiger partial charge in [0.25, 0.3) is 0 Å². The number of furan rings is 1. The number of rotatable bonds is 5. The van der Waals surface area contributed by atoms with Crippen LogP contribution in [-0.2, 0) is 0 Å². The molecule has 0 saturated carbocycles. The second-order valence-corrected chi connectivity index (χ2v) is 12.7. The van der Waals surface area contributed by atoms with Crippen LogP contribution >= 0.6 is 0 Å². The molecule has 0 aliphatic rings. The molecular formula is C46H28N4O. The average molecular weight is 653 g/mol.